The van der Waals surface area contributed by atoms with Crippen LogP contribution in [0.5, 0.6) is 0 Å². The molecular weight excluding hydrogens is 362 g/mol. The summed E-state index contributed by atoms with van der Waals surface area (Å²) in [5.41, 5.74) is 2.33. The van der Waals surface area contributed by atoms with Crippen molar-refractivity contribution in [1.82, 2.24) is 4.57 Å². The summed E-state index contributed by atoms with van der Waals surface area (Å²) in [5, 5.41) is 10.0. The van der Waals surface area contributed by atoms with Gasteiger partial charge in [-0.15, -0.1) is 0 Å². The molecule has 0 radical (unpaired) electrons. The van der Waals surface area contributed by atoms with Gasteiger partial charge in [-0.3, -0.25) is 0 Å². The zero-order valence-corrected chi connectivity index (χ0v) is 16.0. The van der Waals surface area contributed by atoms with Crippen LogP contribution in [0.4, 0.5) is 0 Å². The number of nitrogens with zero attached hydrogens (tertiary/aromatic N) is 1. The average Bonchev–Trinajstić information content (AvgIpc) is 2.66. The molecule has 0 fully saturated rings. The molecule has 2 aromatic rings. The normalized spacial score (nSPS) is 12.0. The number of rotatable bonds is 6. The molecule has 0 aliphatic rings. The van der Waals surface area contributed by atoms with Crippen molar-refractivity contribution in [2.24, 2.45) is 0 Å². The number of benzene rings is 1. The number of carboxylic acid groups (broad SMARTS) is 1. The van der Waals surface area contributed by atoms with Crippen molar-refractivity contribution < 1.29 is 14.6 Å². The third-order valence-electron chi connectivity index (χ3n) is 3.71. The van der Waals surface area contributed by atoms with E-state index in [1.165, 1.54) is 0 Å². The monoisotopic (exact) mass is 383 g/mol. The molecule has 6 heteroatoms. The number of halogens is 1. The Hall–Kier alpha value is -1.11. The minimum absolute atomic E-state index is 0.296. The van der Waals surface area contributed by atoms with Crippen LogP contribution in [0.2, 0.25) is 25.7 Å². The minimum Gasteiger partial charge on any atom is -0.478 e. The van der Waals surface area contributed by atoms with Gasteiger partial charge in [0.2, 0.25) is 0 Å². The molecule has 0 unspecified atom stereocenters. The molecule has 2 rings (SSSR count). The first-order valence-electron chi connectivity index (χ1n) is 7.30. The number of carboxylic acids is 1. The third kappa shape index (κ3) is 3.80. The molecule has 4 nitrogen and oxygen atoms in total. The van der Waals surface area contributed by atoms with Gasteiger partial charge in [0, 0.05) is 30.2 Å². The molecule has 0 aliphatic heterocycles. The largest absolute Gasteiger partial charge is 0.478 e. The van der Waals surface area contributed by atoms with E-state index in [9.17, 15) is 4.79 Å². The number of carbonyl (C=O) groups is 1. The highest BCUT2D eigenvalue weighted by Crippen LogP contribution is 2.31. The molecule has 120 valence electrons. The van der Waals surface area contributed by atoms with Crippen molar-refractivity contribution in [3.8, 4) is 0 Å². The fraction of sp³-hybridized carbons (Fsp3) is 0.438. The van der Waals surface area contributed by atoms with Crippen molar-refractivity contribution in [1.29, 1.82) is 0 Å². The predicted molar refractivity (Wildman–Crippen MR) is 95.4 cm³/mol. The van der Waals surface area contributed by atoms with E-state index in [1.54, 1.807) is 12.1 Å². The summed E-state index contributed by atoms with van der Waals surface area (Å²) < 4.78 is 8.84. The summed E-state index contributed by atoms with van der Waals surface area (Å²) in [6, 6.07) is 6.32. The van der Waals surface area contributed by atoms with Gasteiger partial charge in [0.25, 0.3) is 0 Å². The summed E-state index contributed by atoms with van der Waals surface area (Å²) in [6.07, 6.45) is 0. The first-order chi connectivity index (χ1) is 10.2. The fourth-order valence-corrected chi connectivity index (χ4v) is 3.56. The molecular formula is C16H22BrNO3Si. The number of hydrogen-bond acceptors (Lipinski definition) is 2. The molecule has 1 heterocycles. The molecule has 0 bridgehead atoms. The van der Waals surface area contributed by atoms with Gasteiger partial charge in [-0.1, -0.05) is 19.6 Å². The average molecular weight is 384 g/mol. The Balaban J connectivity index is 2.23. The number of hydrogen-bond donors (Lipinski definition) is 1. The quantitative estimate of drug-likeness (QED) is 0.579. The smallest absolute Gasteiger partial charge is 0.335 e. The summed E-state index contributed by atoms with van der Waals surface area (Å²) >= 11 is 3.56. The summed E-state index contributed by atoms with van der Waals surface area (Å²) in [6.45, 7) is 10.3. The van der Waals surface area contributed by atoms with E-state index in [2.05, 4.69) is 40.1 Å². The van der Waals surface area contributed by atoms with E-state index in [0.717, 1.165) is 33.7 Å². The molecule has 0 atom stereocenters. The number of ether oxygens (including phenoxy) is 1. The van der Waals surface area contributed by atoms with E-state index in [0.29, 0.717) is 12.3 Å². The predicted octanol–water partition coefficient (Wildman–Crippen LogP) is 4.72. The van der Waals surface area contributed by atoms with Crippen molar-refractivity contribution in [3.63, 3.8) is 0 Å². The van der Waals surface area contributed by atoms with E-state index in [-0.39, 0.29) is 0 Å². The molecule has 0 saturated heterocycles. The zero-order chi connectivity index (χ0) is 16.5. The maximum absolute atomic E-state index is 11.1. The van der Waals surface area contributed by atoms with Gasteiger partial charge in [-0.05, 0) is 47.1 Å². The lowest BCUT2D eigenvalue weighted by Gasteiger charge is -2.16. The lowest BCUT2D eigenvalue weighted by molar-refractivity contribution is 0.0697. The lowest BCUT2D eigenvalue weighted by Crippen LogP contribution is -2.22. The van der Waals surface area contributed by atoms with Crippen LogP contribution in [-0.2, 0) is 11.5 Å². The summed E-state index contributed by atoms with van der Waals surface area (Å²) in [5.74, 6) is -0.911. The first-order valence-corrected chi connectivity index (χ1v) is 11.8. The third-order valence-corrected chi connectivity index (χ3v) is 6.42. The topological polar surface area (TPSA) is 51.5 Å². The highest BCUT2D eigenvalue weighted by atomic mass is 79.9. The first kappa shape index (κ1) is 17.2. The van der Waals surface area contributed by atoms with Crippen LogP contribution in [0.25, 0.3) is 10.9 Å². The zero-order valence-electron chi connectivity index (χ0n) is 13.4. The molecule has 0 spiro atoms. The van der Waals surface area contributed by atoms with E-state index < -0.39 is 14.0 Å². The SMILES string of the molecule is Cc1c(Br)c2cc(C(=O)O)ccc2n1COCC[Si](C)(C)C. The van der Waals surface area contributed by atoms with Crippen LogP contribution in [0, 0.1) is 6.92 Å². The maximum Gasteiger partial charge on any atom is 0.335 e. The standard InChI is InChI=1S/C16H22BrNO3Si/c1-11-15(17)13-9-12(16(19)20)5-6-14(13)18(11)10-21-7-8-22(2,3)4/h5-6,9H,7-8,10H2,1-4H3,(H,19,20). The molecule has 0 amide bonds. The lowest BCUT2D eigenvalue weighted by atomic mass is 10.1. The Labute approximate surface area is 140 Å². The minimum atomic E-state index is -1.09. The second-order valence-corrected chi connectivity index (χ2v) is 13.1. The molecule has 22 heavy (non-hydrogen) atoms. The Morgan fingerprint density at radius 2 is 2.05 bits per heavy atom. The van der Waals surface area contributed by atoms with Crippen LogP contribution in [-0.4, -0.2) is 30.3 Å². The number of fused-ring (bicyclic) bond motifs is 1. The van der Waals surface area contributed by atoms with Gasteiger partial charge >= 0.3 is 5.97 Å². The van der Waals surface area contributed by atoms with E-state index in [4.69, 9.17) is 9.84 Å². The van der Waals surface area contributed by atoms with Crippen molar-refractivity contribution in [3.05, 3.63) is 33.9 Å². The number of aromatic nitrogens is 1. The Bertz CT molecular complexity index is 703. The van der Waals surface area contributed by atoms with Gasteiger partial charge in [0.15, 0.2) is 0 Å². The fourth-order valence-electron chi connectivity index (χ4n) is 2.27. The molecule has 1 N–H and O–H groups in total. The molecule has 1 aromatic heterocycles. The van der Waals surface area contributed by atoms with Crippen molar-refractivity contribution in [2.75, 3.05) is 6.61 Å². The highest BCUT2D eigenvalue weighted by Gasteiger charge is 2.15. The molecule has 0 saturated carbocycles. The van der Waals surface area contributed by atoms with Gasteiger partial charge in [0.1, 0.15) is 6.73 Å². The second kappa shape index (κ2) is 6.56. The van der Waals surface area contributed by atoms with Gasteiger partial charge in [0.05, 0.1) is 11.1 Å². The van der Waals surface area contributed by atoms with Crippen molar-refractivity contribution in [2.45, 2.75) is 39.3 Å². The number of aromatic carboxylic acids is 1. The summed E-state index contributed by atoms with van der Waals surface area (Å²) in [4.78, 5) is 11.1. The Kier molecular flexibility index (Phi) is 5.14. The van der Waals surface area contributed by atoms with Gasteiger partial charge in [-0.25, -0.2) is 4.79 Å². The maximum atomic E-state index is 11.1. The van der Waals surface area contributed by atoms with Crippen LogP contribution >= 0.6 is 15.9 Å². The van der Waals surface area contributed by atoms with Gasteiger partial charge < -0.3 is 14.4 Å². The van der Waals surface area contributed by atoms with Crippen LogP contribution in [0.15, 0.2) is 22.7 Å². The van der Waals surface area contributed by atoms with Crippen molar-refractivity contribution >= 4 is 40.9 Å². The molecule has 0 aliphatic carbocycles. The summed E-state index contributed by atoms with van der Waals surface area (Å²) in [7, 11) is -1.09. The van der Waals surface area contributed by atoms with Crippen LogP contribution in [0.3, 0.4) is 0 Å². The van der Waals surface area contributed by atoms with Crippen LogP contribution in [0.1, 0.15) is 16.1 Å². The second-order valence-electron chi connectivity index (χ2n) is 6.71. The van der Waals surface area contributed by atoms with Gasteiger partial charge in [-0.2, -0.15) is 0 Å². The van der Waals surface area contributed by atoms with Crippen LogP contribution < -0.4 is 0 Å². The highest BCUT2D eigenvalue weighted by molar-refractivity contribution is 9.10. The van der Waals surface area contributed by atoms with E-state index >= 15 is 0 Å². The molecule has 1 aromatic carbocycles. The van der Waals surface area contributed by atoms with E-state index in [1.807, 2.05) is 13.0 Å². The Morgan fingerprint density at radius 3 is 2.64 bits per heavy atom. The Morgan fingerprint density at radius 1 is 1.36 bits per heavy atom.